The van der Waals surface area contributed by atoms with E-state index >= 15 is 0 Å². The highest BCUT2D eigenvalue weighted by Crippen LogP contribution is 2.26. The van der Waals surface area contributed by atoms with Crippen LogP contribution in [0.5, 0.6) is 0 Å². The number of ether oxygens (including phenoxy) is 2. The number of aromatic carboxylic acids is 1. The topological polar surface area (TPSA) is 162 Å². The van der Waals surface area contributed by atoms with Crippen molar-refractivity contribution in [3.63, 3.8) is 0 Å². The fraction of sp³-hybridized carbons (Fsp3) is 0.533. The van der Waals surface area contributed by atoms with Crippen molar-refractivity contribution in [3.05, 3.63) is 61.0 Å². The minimum atomic E-state index is -1.17. The summed E-state index contributed by atoms with van der Waals surface area (Å²) in [7, 11) is 3.28. The van der Waals surface area contributed by atoms with Crippen molar-refractivity contribution in [2.45, 2.75) is 90.3 Å². The van der Waals surface area contributed by atoms with Gasteiger partial charge in [-0.25, -0.2) is 14.8 Å². The molecular weight excluding hydrogens is 546 g/mol. The molecule has 1 N–H and O–H groups in total. The predicted octanol–water partition coefficient (Wildman–Crippen LogP) is 5.53. The van der Waals surface area contributed by atoms with Crippen molar-refractivity contribution < 1.29 is 42.6 Å². The van der Waals surface area contributed by atoms with Crippen LogP contribution in [0, 0.1) is 0 Å². The number of esters is 2. The molecule has 0 aromatic carbocycles. The smallest absolute Gasteiger partial charge is 0.357 e. The van der Waals surface area contributed by atoms with E-state index < -0.39 is 17.2 Å². The van der Waals surface area contributed by atoms with Crippen LogP contribution in [0.1, 0.15) is 112 Å². The molecule has 1 amide bonds. The third-order valence-corrected chi connectivity index (χ3v) is 5.16. The zero-order chi connectivity index (χ0) is 32.3. The van der Waals surface area contributed by atoms with E-state index in [1.165, 1.54) is 11.2 Å². The normalized spacial score (nSPS) is 12.7. The summed E-state index contributed by atoms with van der Waals surface area (Å²) in [4.78, 5) is 55.8. The third-order valence-electron chi connectivity index (χ3n) is 5.16. The van der Waals surface area contributed by atoms with Crippen LogP contribution in [0.3, 0.4) is 0 Å². The molecule has 12 nitrogen and oxygen atoms in total. The highest BCUT2D eigenvalue weighted by Gasteiger charge is 2.26. The van der Waals surface area contributed by atoms with E-state index in [9.17, 15) is 19.2 Å². The van der Waals surface area contributed by atoms with Gasteiger partial charge in [0.15, 0.2) is 23.2 Å². The molecule has 0 unspecified atom stereocenters. The van der Waals surface area contributed by atoms with Crippen LogP contribution in [-0.2, 0) is 19.1 Å². The minimum Gasteiger partial charge on any atom is -0.476 e. The first-order chi connectivity index (χ1) is 19.4. The van der Waals surface area contributed by atoms with Crippen LogP contribution in [-0.4, -0.2) is 69.1 Å². The molecule has 0 aliphatic heterocycles. The molecule has 0 saturated carbocycles. The van der Waals surface area contributed by atoms with E-state index in [1.54, 1.807) is 47.0 Å². The van der Waals surface area contributed by atoms with E-state index in [2.05, 4.69) is 23.1 Å². The van der Waals surface area contributed by atoms with Crippen molar-refractivity contribution in [3.8, 4) is 0 Å². The van der Waals surface area contributed by atoms with Gasteiger partial charge >= 0.3 is 17.9 Å². The molecule has 2 aromatic heterocycles. The Hall–Kier alpha value is -4.22. The number of allylic oxidation sites excluding steroid dienone is 2. The van der Waals surface area contributed by atoms with Crippen LogP contribution in [0.4, 0.5) is 0 Å². The van der Waals surface area contributed by atoms with Crippen molar-refractivity contribution in [1.29, 1.82) is 0 Å². The first kappa shape index (κ1) is 35.8. The Kier molecular flexibility index (Phi) is 13.4. The Morgan fingerprint density at radius 2 is 1.21 bits per heavy atom. The number of carboxylic acids is 1. The number of amides is 1. The number of nitrogens with zero attached hydrogens (tertiary/aromatic N) is 3. The second-order valence-electron chi connectivity index (χ2n) is 11.7. The van der Waals surface area contributed by atoms with Gasteiger partial charge < -0.3 is 28.3 Å². The van der Waals surface area contributed by atoms with Gasteiger partial charge in [-0.2, -0.15) is 0 Å². The molecule has 2 rings (SSSR count). The number of hydrogen-bond donors (Lipinski definition) is 1. The first-order valence-corrected chi connectivity index (χ1v) is 13.4. The maximum atomic E-state index is 12.0. The van der Waals surface area contributed by atoms with E-state index in [1.807, 2.05) is 20.8 Å². The largest absolute Gasteiger partial charge is 0.476 e. The molecule has 12 heteroatoms. The van der Waals surface area contributed by atoms with Crippen LogP contribution in [0.15, 0.2) is 46.7 Å². The summed E-state index contributed by atoms with van der Waals surface area (Å²) in [6.07, 6.45) is 6.81. The van der Waals surface area contributed by atoms with Crippen LogP contribution < -0.4 is 0 Å². The van der Waals surface area contributed by atoms with Gasteiger partial charge in [-0.05, 0) is 54.4 Å². The summed E-state index contributed by atoms with van der Waals surface area (Å²) in [6.45, 7) is 18.1. The molecule has 42 heavy (non-hydrogen) atoms. The van der Waals surface area contributed by atoms with Gasteiger partial charge in [-0.3, -0.25) is 14.4 Å². The molecule has 2 heterocycles. The van der Waals surface area contributed by atoms with E-state index in [0.29, 0.717) is 18.7 Å². The lowest BCUT2D eigenvalue weighted by Crippen LogP contribution is -2.25. The summed E-state index contributed by atoms with van der Waals surface area (Å²) < 4.78 is 21.0. The van der Waals surface area contributed by atoms with Gasteiger partial charge in [0.2, 0.25) is 0 Å². The average molecular weight is 590 g/mol. The fourth-order valence-corrected chi connectivity index (χ4v) is 3.49. The number of rotatable bonds is 12. The van der Waals surface area contributed by atoms with E-state index in [0.717, 1.165) is 6.26 Å². The Morgan fingerprint density at radius 1 is 0.833 bits per heavy atom. The van der Waals surface area contributed by atoms with Gasteiger partial charge in [-0.1, -0.05) is 12.2 Å². The number of oxazole rings is 2. The number of hydrogen-bond acceptors (Lipinski definition) is 10. The molecule has 0 aliphatic carbocycles. The molecule has 232 valence electrons. The lowest BCUT2D eigenvalue weighted by Gasteiger charge is -2.21. The lowest BCUT2D eigenvalue weighted by molar-refractivity contribution is -0.156. The number of carbonyl (C=O) groups is 4. The number of carboxylic acid groups (broad SMARTS) is 1. The summed E-state index contributed by atoms with van der Waals surface area (Å²) in [6, 6.07) is 0. The minimum absolute atomic E-state index is 0.0584. The quantitative estimate of drug-likeness (QED) is 0.244. The third kappa shape index (κ3) is 13.0. The second kappa shape index (κ2) is 15.7. The number of aromatic nitrogens is 2. The van der Waals surface area contributed by atoms with Crippen molar-refractivity contribution in [1.82, 2.24) is 14.9 Å². The van der Waals surface area contributed by atoms with Crippen molar-refractivity contribution >= 4 is 23.8 Å². The highest BCUT2D eigenvalue weighted by atomic mass is 16.6. The predicted molar refractivity (Wildman–Crippen MR) is 154 cm³/mol. The summed E-state index contributed by atoms with van der Waals surface area (Å²) >= 11 is 0. The Balaban J connectivity index is 0.000000422. The monoisotopic (exact) mass is 589 g/mol. The van der Waals surface area contributed by atoms with E-state index in [4.69, 9.17) is 23.4 Å². The molecule has 0 saturated heterocycles. The zero-order valence-corrected chi connectivity index (χ0v) is 25.8. The molecule has 0 fully saturated rings. The first-order valence-electron chi connectivity index (χ1n) is 13.4. The van der Waals surface area contributed by atoms with Gasteiger partial charge in [0.05, 0.1) is 12.8 Å². The molecular formula is C30H43N3O9. The highest BCUT2D eigenvalue weighted by molar-refractivity contribution is 5.91. The SMILES string of the molecule is C=CC[C@H](CC(=O)OC(C)(C)C)c1nc(C(=O)N(C)C)co1.C=CC[C@H](CC(=O)OC(C)(C)C)c1nc(C(=O)O)co1. The van der Waals surface area contributed by atoms with E-state index in [-0.39, 0.29) is 59.8 Å². The van der Waals surface area contributed by atoms with Gasteiger partial charge in [-0.15, -0.1) is 13.2 Å². The zero-order valence-electron chi connectivity index (χ0n) is 25.8. The second-order valence-corrected chi connectivity index (χ2v) is 11.7. The van der Waals surface area contributed by atoms with Crippen LogP contribution in [0.25, 0.3) is 0 Å². The standard InChI is InChI=1S/C16H24N2O4.C14H19NO5/c1-7-8-11(9-13(19)22-16(2,3)4)14-17-12(10-21-14)15(20)18(5)6;1-5-6-9(7-11(16)20-14(2,3)4)12-15-10(8-19-12)13(17)18/h7,10-11H,1,8-9H2,2-6H3;5,8-9H,1,6-7H2,2-4H3,(H,17,18)/t11-;9-/m11/s1. The summed E-state index contributed by atoms with van der Waals surface area (Å²) in [5.41, 5.74) is -1.08. The number of carbonyl (C=O) groups excluding carboxylic acids is 3. The van der Waals surface area contributed by atoms with Crippen molar-refractivity contribution in [2.24, 2.45) is 0 Å². The Morgan fingerprint density at radius 3 is 1.52 bits per heavy atom. The Labute approximate surface area is 246 Å². The molecule has 0 aliphatic rings. The molecule has 2 aromatic rings. The average Bonchev–Trinajstić information content (AvgIpc) is 3.52. The molecule has 0 radical (unpaired) electrons. The maximum Gasteiger partial charge on any atom is 0.357 e. The van der Waals surface area contributed by atoms with Gasteiger partial charge in [0, 0.05) is 25.9 Å². The maximum absolute atomic E-state index is 12.0. The lowest BCUT2D eigenvalue weighted by atomic mass is 10.0. The molecule has 2 atom stereocenters. The fourth-order valence-electron chi connectivity index (χ4n) is 3.49. The molecule has 0 bridgehead atoms. The summed E-state index contributed by atoms with van der Waals surface area (Å²) in [5.74, 6) is -2.27. The molecule has 0 spiro atoms. The van der Waals surface area contributed by atoms with Gasteiger partial charge in [0.1, 0.15) is 23.7 Å². The Bertz CT molecular complexity index is 1230. The van der Waals surface area contributed by atoms with Crippen LogP contribution in [0.2, 0.25) is 0 Å². The van der Waals surface area contributed by atoms with Crippen molar-refractivity contribution in [2.75, 3.05) is 14.1 Å². The van der Waals surface area contributed by atoms with Gasteiger partial charge in [0.25, 0.3) is 5.91 Å². The summed E-state index contributed by atoms with van der Waals surface area (Å²) in [5, 5.41) is 8.81. The van der Waals surface area contributed by atoms with Crippen LogP contribution >= 0.6 is 0 Å².